The van der Waals surface area contributed by atoms with Crippen LogP contribution in [0.1, 0.15) is 213 Å². The Kier molecular flexibility index (Phi) is 50.6. The molecule has 0 aliphatic heterocycles. The summed E-state index contributed by atoms with van der Waals surface area (Å²) in [6, 6.07) is 0. The maximum Gasteiger partial charge on any atom is 0.306 e. The number of hydrogen-bond acceptors (Lipinski definition) is 6. The molecule has 0 spiro atoms. The fourth-order valence-electron chi connectivity index (χ4n) is 6.69. The van der Waals surface area contributed by atoms with Gasteiger partial charge in [0.05, 0.1) is 0 Å². The molecule has 0 fully saturated rings. The molecule has 0 radical (unpaired) electrons. The van der Waals surface area contributed by atoms with E-state index >= 15 is 0 Å². The molecule has 0 saturated carbocycles. The molecule has 0 aromatic rings. The number of allylic oxidation sites excluding steroid dienone is 22. The normalized spacial score (nSPS) is 13.2. The molecule has 1 unspecified atom stereocenters. The van der Waals surface area contributed by atoms with Gasteiger partial charge in [0.2, 0.25) is 0 Å². The molecule has 0 aliphatic carbocycles. The Bertz CT molecular complexity index is 1480. The van der Waals surface area contributed by atoms with Gasteiger partial charge in [-0.3, -0.25) is 14.4 Å². The largest absolute Gasteiger partial charge is 0.462 e. The van der Waals surface area contributed by atoms with Crippen LogP contribution in [0.25, 0.3) is 0 Å². The summed E-state index contributed by atoms with van der Waals surface area (Å²) in [5, 5.41) is 0. The predicted molar refractivity (Wildman–Crippen MR) is 288 cm³/mol. The molecule has 0 aromatic carbocycles. The number of carbonyl (C=O) groups is 3. The molecule has 0 bridgehead atoms. The van der Waals surface area contributed by atoms with E-state index in [0.29, 0.717) is 19.3 Å². The molecule has 67 heavy (non-hydrogen) atoms. The molecule has 6 heteroatoms. The maximum absolute atomic E-state index is 12.8. The Morgan fingerprint density at radius 1 is 0.313 bits per heavy atom. The zero-order chi connectivity index (χ0) is 48.6. The van der Waals surface area contributed by atoms with E-state index in [4.69, 9.17) is 14.2 Å². The van der Waals surface area contributed by atoms with E-state index in [9.17, 15) is 14.4 Å². The Morgan fingerprint density at radius 2 is 0.612 bits per heavy atom. The van der Waals surface area contributed by atoms with Crippen molar-refractivity contribution in [1.82, 2.24) is 0 Å². The van der Waals surface area contributed by atoms with E-state index in [1.54, 1.807) is 0 Å². The van der Waals surface area contributed by atoms with Crippen molar-refractivity contribution in [3.63, 3.8) is 0 Å². The van der Waals surface area contributed by atoms with Gasteiger partial charge in [-0.2, -0.15) is 0 Å². The highest BCUT2D eigenvalue weighted by molar-refractivity contribution is 5.71. The highest BCUT2D eigenvalue weighted by Crippen LogP contribution is 2.12. The zero-order valence-electron chi connectivity index (χ0n) is 42.9. The van der Waals surface area contributed by atoms with Gasteiger partial charge >= 0.3 is 17.9 Å². The molecule has 0 saturated heterocycles. The second kappa shape index (κ2) is 54.2. The van der Waals surface area contributed by atoms with Crippen LogP contribution >= 0.6 is 0 Å². The van der Waals surface area contributed by atoms with E-state index in [1.165, 1.54) is 44.9 Å². The van der Waals surface area contributed by atoms with Gasteiger partial charge < -0.3 is 14.2 Å². The molecule has 0 aliphatic rings. The molecule has 0 N–H and O–H groups in total. The fraction of sp³-hybridized carbons (Fsp3) is 0.590. The minimum absolute atomic E-state index is 0.127. The molecular formula is C61H96O6. The van der Waals surface area contributed by atoms with Crippen LogP contribution in [0.2, 0.25) is 0 Å². The highest BCUT2D eigenvalue weighted by Gasteiger charge is 2.19. The minimum atomic E-state index is -0.836. The first-order valence-electron chi connectivity index (χ1n) is 26.7. The van der Waals surface area contributed by atoms with Crippen molar-refractivity contribution in [2.45, 2.75) is 219 Å². The van der Waals surface area contributed by atoms with E-state index in [0.717, 1.165) is 116 Å². The lowest BCUT2D eigenvalue weighted by Crippen LogP contribution is -2.30. The van der Waals surface area contributed by atoms with Gasteiger partial charge in [0.1, 0.15) is 13.2 Å². The first kappa shape index (κ1) is 62.5. The number of rotatable bonds is 46. The molecule has 376 valence electrons. The smallest absolute Gasteiger partial charge is 0.306 e. The standard InChI is InChI=1S/C61H96O6/c1-4-7-10-13-16-19-22-25-28-30-31-32-34-36-39-42-45-48-51-54-60(63)66-57-58(56-65-59(62)53-50-47-44-41-38-35-27-24-21-18-15-12-9-6-3)67-61(64)55-52-49-46-43-40-37-33-29-26-23-20-17-14-11-8-5-2/h7-8,10-11,16-17,19-20,25-26,28-29,31-32,35-40,45,48,58H,4-6,9,12-15,18,21-24,27,30,33-34,41-44,46-47,49-57H2,1-3H3/b10-7-,11-8-,19-16-,20-17-,28-25-,29-26-,32-31-,38-35-,39-36-,40-37-,48-45-. The maximum atomic E-state index is 12.8. The van der Waals surface area contributed by atoms with Crippen LogP contribution in [0, 0.1) is 0 Å². The van der Waals surface area contributed by atoms with Crippen LogP contribution in [-0.2, 0) is 28.6 Å². The average Bonchev–Trinajstić information content (AvgIpc) is 3.33. The molecule has 6 nitrogen and oxygen atoms in total. The third-order valence-corrected chi connectivity index (χ3v) is 10.6. The van der Waals surface area contributed by atoms with Crippen LogP contribution in [0.15, 0.2) is 134 Å². The summed E-state index contributed by atoms with van der Waals surface area (Å²) in [4.78, 5) is 38.0. The summed E-state index contributed by atoms with van der Waals surface area (Å²) >= 11 is 0. The van der Waals surface area contributed by atoms with E-state index in [2.05, 4.69) is 142 Å². The lowest BCUT2D eigenvalue weighted by molar-refractivity contribution is -0.166. The van der Waals surface area contributed by atoms with Crippen molar-refractivity contribution < 1.29 is 28.6 Å². The summed E-state index contributed by atoms with van der Waals surface area (Å²) in [5.74, 6) is -1.07. The fourth-order valence-corrected chi connectivity index (χ4v) is 6.69. The topological polar surface area (TPSA) is 78.9 Å². The van der Waals surface area contributed by atoms with Gasteiger partial charge in [-0.1, -0.05) is 206 Å². The average molecular weight is 925 g/mol. The molecule has 0 aromatic heterocycles. The van der Waals surface area contributed by atoms with Crippen molar-refractivity contribution in [2.24, 2.45) is 0 Å². The SMILES string of the molecule is CC/C=C\C/C=C\C/C=C\C/C=C\C/C=C\C/C=C\CCC(=O)OCC(COC(=O)CCCCC/C=C\CCCCCCCCC)OC(=O)CCCCC/C=C\C/C=C\C/C=C\C/C=C\CC. The third-order valence-electron chi connectivity index (χ3n) is 10.6. The summed E-state index contributed by atoms with van der Waals surface area (Å²) < 4.78 is 16.7. The van der Waals surface area contributed by atoms with Gasteiger partial charge in [-0.05, 0) is 122 Å². The number of ether oxygens (including phenoxy) is 3. The predicted octanol–water partition coefficient (Wildman–Crippen LogP) is 17.9. The van der Waals surface area contributed by atoms with Crippen LogP contribution in [0.4, 0.5) is 0 Å². The summed E-state index contributed by atoms with van der Waals surface area (Å²) in [6.07, 6.45) is 75.9. The lowest BCUT2D eigenvalue weighted by Gasteiger charge is -2.18. The molecule has 1 atom stereocenters. The van der Waals surface area contributed by atoms with Crippen molar-refractivity contribution in [1.29, 1.82) is 0 Å². The monoisotopic (exact) mass is 925 g/mol. The van der Waals surface area contributed by atoms with Crippen molar-refractivity contribution >= 4 is 17.9 Å². The van der Waals surface area contributed by atoms with Gasteiger partial charge in [0, 0.05) is 19.3 Å². The highest BCUT2D eigenvalue weighted by atomic mass is 16.6. The Labute approximate surface area is 411 Å². The van der Waals surface area contributed by atoms with Gasteiger partial charge in [0.25, 0.3) is 0 Å². The van der Waals surface area contributed by atoms with Crippen LogP contribution in [0.3, 0.4) is 0 Å². The van der Waals surface area contributed by atoms with Crippen LogP contribution < -0.4 is 0 Å². The Balaban J connectivity index is 4.60. The van der Waals surface area contributed by atoms with Crippen LogP contribution in [0.5, 0.6) is 0 Å². The second-order valence-electron chi connectivity index (χ2n) is 17.0. The Hall–Kier alpha value is -4.45. The zero-order valence-corrected chi connectivity index (χ0v) is 42.9. The van der Waals surface area contributed by atoms with Crippen molar-refractivity contribution in [3.05, 3.63) is 134 Å². The third kappa shape index (κ3) is 52.4. The van der Waals surface area contributed by atoms with Crippen LogP contribution in [-0.4, -0.2) is 37.2 Å². The molecule has 0 heterocycles. The first-order chi connectivity index (χ1) is 33.0. The van der Waals surface area contributed by atoms with Crippen molar-refractivity contribution in [3.8, 4) is 0 Å². The lowest BCUT2D eigenvalue weighted by atomic mass is 10.1. The van der Waals surface area contributed by atoms with E-state index < -0.39 is 6.10 Å². The van der Waals surface area contributed by atoms with Crippen molar-refractivity contribution in [2.75, 3.05) is 13.2 Å². The molecule has 0 rings (SSSR count). The van der Waals surface area contributed by atoms with E-state index in [-0.39, 0.29) is 44.0 Å². The summed E-state index contributed by atoms with van der Waals surface area (Å²) in [6.45, 7) is 6.28. The van der Waals surface area contributed by atoms with Gasteiger partial charge in [-0.25, -0.2) is 0 Å². The van der Waals surface area contributed by atoms with Gasteiger partial charge in [0.15, 0.2) is 6.10 Å². The van der Waals surface area contributed by atoms with Gasteiger partial charge in [-0.15, -0.1) is 0 Å². The van der Waals surface area contributed by atoms with E-state index in [1.807, 2.05) is 12.2 Å². The summed E-state index contributed by atoms with van der Waals surface area (Å²) in [7, 11) is 0. The minimum Gasteiger partial charge on any atom is -0.462 e. The number of carbonyl (C=O) groups excluding carboxylic acids is 3. The Morgan fingerprint density at radius 3 is 1.01 bits per heavy atom. The molecular weight excluding hydrogens is 829 g/mol. The number of hydrogen-bond donors (Lipinski definition) is 0. The number of esters is 3. The summed E-state index contributed by atoms with van der Waals surface area (Å²) in [5.41, 5.74) is 0. The number of unbranched alkanes of at least 4 members (excludes halogenated alkanes) is 13. The first-order valence-corrected chi connectivity index (χ1v) is 26.7. The quantitative estimate of drug-likeness (QED) is 0.0262. The molecule has 0 amide bonds. The second-order valence-corrected chi connectivity index (χ2v) is 17.0.